The number of aliphatic carboxylic acids is 1. The molecular formula is C16H17ClN4O2. The molecule has 1 aliphatic rings. The van der Waals surface area contributed by atoms with Gasteiger partial charge in [-0.1, -0.05) is 11.6 Å². The van der Waals surface area contributed by atoms with E-state index in [4.69, 9.17) is 16.7 Å². The van der Waals surface area contributed by atoms with E-state index in [0.29, 0.717) is 36.9 Å². The van der Waals surface area contributed by atoms with Crippen molar-refractivity contribution in [2.45, 2.75) is 12.8 Å². The van der Waals surface area contributed by atoms with Gasteiger partial charge in [0.15, 0.2) is 0 Å². The molecule has 0 spiro atoms. The molecular weight excluding hydrogens is 316 g/mol. The Morgan fingerprint density at radius 2 is 1.91 bits per heavy atom. The lowest BCUT2D eigenvalue weighted by molar-refractivity contribution is -0.142. The summed E-state index contributed by atoms with van der Waals surface area (Å²) in [5, 5.41) is 12.9. The molecule has 0 saturated carbocycles. The van der Waals surface area contributed by atoms with E-state index in [1.807, 2.05) is 18.2 Å². The number of hydrogen-bond acceptors (Lipinski definition) is 5. The first kappa shape index (κ1) is 15.6. The lowest BCUT2D eigenvalue weighted by atomic mass is 9.97. The lowest BCUT2D eigenvalue weighted by Gasteiger charge is -2.31. The molecule has 120 valence electrons. The van der Waals surface area contributed by atoms with Crippen LogP contribution in [0.3, 0.4) is 0 Å². The highest BCUT2D eigenvalue weighted by molar-refractivity contribution is 6.30. The van der Waals surface area contributed by atoms with Crippen LogP contribution >= 0.6 is 11.6 Å². The van der Waals surface area contributed by atoms with E-state index in [1.165, 1.54) is 0 Å². The highest BCUT2D eigenvalue weighted by Gasteiger charge is 2.25. The van der Waals surface area contributed by atoms with Gasteiger partial charge in [-0.05, 0) is 43.2 Å². The van der Waals surface area contributed by atoms with Crippen molar-refractivity contribution in [3.63, 3.8) is 0 Å². The highest BCUT2D eigenvalue weighted by atomic mass is 35.5. The van der Waals surface area contributed by atoms with Gasteiger partial charge < -0.3 is 15.3 Å². The zero-order valence-corrected chi connectivity index (χ0v) is 13.2. The largest absolute Gasteiger partial charge is 0.481 e. The molecule has 1 aromatic heterocycles. The Morgan fingerprint density at radius 1 is 1.22 bits per heavy atom. The predicted molar refractivity (Wildman–Crippen MR) is 89.3 cm³/mol. The van der Waals surface area contributed by atoms with E-state index in [2.05, 4.69) is 20.2 Å². The highest BCUT2D eigenvalue weighted by Crippen LogP contribution is 2.23. The number of piperidine rings is 1. The van der Waals surface area contributed by atoms with Gasteiger partial charge in [-0.2, -0.15) is 4.98 Å². The summed E-state index contributed by atoms with van der Waals surface area (Å²) in [5.74, 6) is 0.350. The molecule has 0 aliphatic carbocycles. The van der Waals surface area contributed by atoms with Gasteiger partial charge in [0, 0.05) is 30.0 Å². The monoisotopic (exact) mass is 332 g/mol. The second kappa shape index (κ2) is 6.83. The standard InChI is InChI=1S/C16H17ClN4O2/c17-12-1-3-13(4-2-12)19-16-18-8-5-14(20-16)21-9-6-11(7-10-21)15(22)23/h1-5,8,11H,6-7,9-10H2,(H,22,23)(H,18,19,20). The van der Waals surface area contributed by atoms with Crippen LogP contribution in [-0.2, 0) is 4.79 Å². The fourth-order valence-corrected chi connectivity index (χ4v) is 2.73. The van der Waals surface area contributed by atoms with Gasteiger partial charge in [0.2, 0.25) is 5.95 Å². The average molecular weight is 333 g/mol. The fraction of sp³-hybridized carbons (Fsp3) is 0.312. The molecule has 1 saturated heterocycles. The maximum atomic E-state index is 11.0. The first-order valence-electron chi connectivity index (χ1n) is 7.45. The topological polar surface area (TPSA) is 78.3 Å². The first-order chi connectivity index (χ1) is 11.1. The molecule has 0 radical (unpaired) electrons. The van der Waals surface area contributed by atoms with Crippen molar-refractivity contribution < 1.29 is 9.90 Å². The summed E-state index contributed by atoms with van der Waals surface area (Å²) in [6, 6.07) is 9.15. The maximum Gasteiger partial charge on any atom is 0.306 e. The van der Waals surface area contributed by atoms with Crippen LogP contribution in [0.4, 0.5) is 17.5 Å². The van der Waals surface area contributed by atoms with Crippen molar-refractivity contribution in [2.24, 2.45) is 5.92 Å². The molecule has 1 aromatic carbocycles. The van der Waals surface area contributed by atoms with Crippen LogP contribution in [-0.4, -0.2) is 34.1 Å². The van der Waals surface area contributed by atoms with Gasteiger partial charge in [0.1, 0.15) is 5.82 Å². The van der Waals surface area contributed by atoms with Gasteiger partial charge in [-0.15, -0.1) is 0 Å². The number of benzene rings is 1. The third kappa shape index (κ3) is 3.90. The van der Waals surface area contributed by atoms with E-state index < -0.39 is 5.97 Å². The summed E-state index contributed by atoms with van der Waals surface area (Å²) in [6.07, 6.45) is 2.97. The number of nitrogens with one attached hydrogen (secondary N) is 1. The first-order valence-corrected chi connectivity index (χ1v) is 7.83. The molecule has 0 atom stereocenters. The van der Waals surface area contributed by atoms with Crippen LogP contribution in [0.15, 0.2) is 36.5 Å². The Kier molecular flexibility index (Phi) is 4.62. The Morgan fingerprint density at radius 3 is 2.57 bits per heavy atom. The quantitative estimate of drug-likeness (QED) is 0.895. The minimum Gasteiger partial charge on any atom is -0.481 e. The summed E-state index contributed by atoms with van der Waals surface area (Å²) in [4.78, 5) is 21.8. The Bertz CT molecular complexity index is 685. The van der Waals surface area contributed by atoms with Gasteiger partial charge >= 0.3 is 5.97 Å². The Labute approximate surface area is 139 Å². The summed E-state index contributed by atoms with van der Waals surface area (Å²) in [7, 11) is 0. The molecule has 2 heterocycles. The van der Waals surface area contributed by atoms with Crippen molar-refractivity contribution in [1.82, 2.24) is 9.97 Å². The van der Waals surface area contributed by atoms with E-state index in [-0.39, 0.29) is 5.92 Å². The van der Waals surface area contributed by atoms with Gasteiger partial charge in [-0.25, -0.2) is 4.98 Å². The second-order valence-electron chi connectivity index (χ2n) is 5.47. The molecule has 1 aliphatic heterocycles. The third-order valence-corrected chi connectivity index (χ3v) is 4.16. The number of hydrogen-bond donors (Lipinski definition) is 2. The number of anilines is 3. The molecule has 3 rings (SSSR count). The summed E-state index contributed by atoms with van der Waals surface area (Å²) in [5.41, 5.74) is 0.858. The number of carbonyl (C=O) groups is 1. The number of nitrogens with zero attached hydrogens (tertiary/aromatic N) is 3. The van der Waals surface area contributed by atoms with Crippen molar-refractivity contribution >= 4 is 35.0 Å². The lowest BCUT2D eigenvalue weighted by Crippen LogP contribution is -2.36. The van der Waals surface area contributed by atoms with Crippen LogP contribution in [0.1, 0.15) is 12.8 Å². The number of halogens is 1. The normalized spacial score (nSPS) is 15.4. The SMILES string of the molecule is O=C(O)C1CCN(c2ccnc(Nc3ccc(Cl)cc3)n2)CC1. The van der Waals surface area contributed by atoms with Crippen LogP contribution in [0.5, 0.6) is 0 Å². The van der Waals surface area contributed by atoms with Crippen LogP contribution in [0.25, 0.3) is 0 Å². The van der Waals surface area contributed by atoms with Crippen molar-refractivity contribution in [2.75, 3.05) is 23.3 Å². The molecule has 7 heteroatoms. The van der Waals surface area contributed by atoms with Crippen molar-refractivity contribution in [3.05, 3.63) is 41.6 Å². The van der Waals surface area contributed by atoms with Crippen LogP contribution in [0, 0.1) is 5.92 Å². The van der Waals surface area contributed by atoms with E-state index in [0.717, 1.165) is 11.5 Å². The number of carboxylic acid groups (broad SMARTS) is 1. The number of aromatic nitrogens is 2. The maximum absolute atomic E-state index is 11.0. The second-order valence-corrected chi connectivity index (χ2v) is 5.91. The van der Waals surface area contributed by atoms with E-state index in [9.17, 15) is 4.79 Å². The Hall–Kier alpha value is -2.34. The molecule has 6 nitrogen and oxygen atoms in total. The van der Waals surface area contributed by atoms with Crippen molar-refractivity contribution in [3.8, 4) is 0 Å². The Balaban J connectivity index is 1.68. The minimum atomic E-state index is -0.711. The zero-order chi connectivity index (χ0) is 16.2. The van der Waals surface area contributed by atoms with Gasteiger partial charge in [0.05, 0.1) is 5.92 Å². The molecule has 0 bridgehead atoms. The zero-order valence-electron chi connectivity index (χ0n) is 12.4. The minimum absolute atomic E-state index is 0.250. The fourth-order valence-electron chi connectivity index (χ4n) is 2.60. The van der Waals surface area contributed by atoms with Crippen LogP contribution in [0.2, 0.25) is 5.02 Å². The molecule has 2 aromatic rings. The van der Waals surface area contributed by atoms with E-state index >= 15 is 0 Å². The number of rotatable bonds is 4. The third-order valence-electron chi connectivity index (χ3n) is 3.91. The van der Waals surface area contributed by atoms with Gasteiger partial charge in [-0.3, -0.25) is 4.79 Å². The summed E-state index contributed by atoms with van der Waals surface area (Å²) >= 11 is 5.87. The average Bonchev–Trinajstić information content (AvgIpc) is 2.57. The van der Waals surface area contributed by atoms with E-state index in [1.54, 1.807) is 18.3 Å². The summed E-state index contributed by atoms with van der Waals surface area (Å²) < 4.78 is 0. The predicted octanol–water partition coefficient (Wildman–Crippen LogP) is 3.17. The number of carboxylic acids is 1. The molecule has 1 fully saturated rings. The molecule has 2 N–H and O–H groups in total. The molecule has 0 amide bonds. The summed E-state index contributed by atoms with van der Waals surface area (Å²) in [6.45, 7) is 1.38. The molecule has 23 heavy (non-hydrogen) atoms. The van der Waals surface area contributed by atoms with Gasteiger partial charge in [0.25, 0.3) is 0 Å². The smallest absolute Gasteiger partial charge is 0.306 e. The molecule has 0 unspecified atom stereocenters. The van der Waals surface area contributed by atoms with Crippen molar-refractivity contribution in [1.29, 1.82) is 0 Å². The van der Waals surface area contributed by atoms with Crippen LogP contribution < -0.4 is 10.2 Å².